The molecule has 0 heterocycles. The molecule has 0 aliphatic rings. The van der Waals surface area contributed by atoms with Crippen LogP contribution in [0.25, 0.3) is 0 Å². The number of aryl methyl sites for hydroxylation is 2. The predicted octanol–water partition coefficient (Wildman–Crippen LogP) is 3.72. The number of rotatable bonds is 7. The van der Waals surface area contributed by atoms with Gasteiger partial charge in [-0.05, 0) is 49.6 Å². The molecule has 0 bridgehead atoms. The van der Waals surface area contributed by atoms with Gasteiger partial charge >= 0.3 is 0 Å². The van der Waals surface area contributed by atoms with E-state index >= 15 is 0 Å². The molecule has 6 heteroatoms. The molecule has 1 unspecified atom stereocenters. The number of guanidine groups is 1. The fourth-order valence-electron chi connectivity index (χ4n) is 2.69. The molecule has 0 amide bonds. The third-order valence-electron chi connectivity index (χ3n) is 4.19. The van der Waals surface area contributed by atoms with Crippen molar-refractivity contribution < 1.29 is 9.84 Å². The Hall–Kier alpha value is -1.80. The molecule has 5 nitrogen and oxygen atoms in total. The molecular weight excluding hydrogens is 453 g/mol. The number of methoxy groups -OCH3 is 1. The maximum atomic E-state index is 10.4. The van der Waals surface area contributed by atoms with E-state index in [1.165, 1.54) is 16.7 Å². The van der Waals surface area contributed by atoms with Gasteiger partial charge in [-0.25, -0.2) is 4.99 Å². The van der Waals surface area contributed by atoms with Crippen molar-refractivity contribution in [3.05, 3.63) is 64.7 Å². The molecule has 2 aromatic rings. The van der Waals surface area contributed by atoms with Gasteiger partial charge < -0.3 is 20.5 Å². The molecule has 3 N–H and O–H groups in total. The Morgan fingerprint density at radius 3 is 2.59 bits per heavy atom. The van der Waals surface area contributed by atoms with Gasteiger partial charge in [0.2, 0.25) is 0 Å². The second-order valence-corrected chi connectivity index (χ2v) is 6.30. The first-order valence-corrected chi connectivity index (χ1v) is 8.93. The smallest absolute Gasteiger partial charge is 0.191 e. The predicted molar refractivity (Wildman–Crippen MR) is 122 cm³/mol. The molecule has 2 aromatic carbocycles. The summed E-state index contributed by atoms with van der Waals surface area (Å²) in [5.41, 5.74) is 4.49. The highest BCUT2D eigenvalue weighted by molar-refractivity contribution is 14.0. The minimum atomic E-state index is -0.643. The van der Waals surface area contributed by atoms with Crippen molar-refractivity contribution in [2.75, 3.05) is 20.2 Å². The number of benzene rings is 2. The summed E-state index contributed by atoms with van der Waals surface area (Å²) in [4.78, 5) is 4.63. The van der Waals surface area contributed by atoms with Crippen molar-refractivity contribution in [1.82, 2.24) is 10.6 Å². The van der Waals surface area contributed by atoms with E-state index in [1.54, 1.807) is 7.11 Å². The van der Waals surface area contributed by atoms with E-state index in [2.05, 4.69) is 47.7 Å². The fraction of sp³-hybridized carbons (Fsp3) is 0.381. The number of aliphatic hydroxyl groups excluding tert-OH is 1. The molecular formula is C21H30IN3O2. The highest BCUT2D eigenvalue weighted by Gasteiger charge is 2.09. The van der Waals surface area contributed by atoms with Crippen LogP contribution < -0.4 is 15.4 Å². The highest BCUT2D eigenvalue weighted by Crippen LogP contribution is 2.18. The minimum absolute atomic E-state index is 0. The summed E-state index contributed by atoms with van der Waals surface area (Å²) >= 11 is 0. The van der Waals surface area contributed by atoms with Crippen molar-refractivity contribution in [1.29, 1.82) is 0 Å². The van der Waals surface area contributed by atoms with Gasteiger partial charge in [0.1, 0.15) is 5.75 Å². The van der Waals surface area contributed by atoms with Crippen LogP contribution in [0.15, 0.2) is 47.5 Å². The third kappa shape index (κ3) is 7.38. The average molecular weight is 483 g/mol. The Morgan fingerprint density at radius 2 is 1.93 bits per heavy atom. The number of hydrogen-bond acceptors (Lipinski definition) is 3. The number of halogens is 1. The lowest BCUT2D eigenvalue weighted by Gasteiger charge is -2.16. The fourth-order valence-corrected chi connectivity index (χ4v) is 2.69. The molecule has 148 valence electrons. The first-order chi connectivity index (χ1) is 12.5. The number of aliphatic hydroxyl groups is 1. The quantitative estimate of drug-likeness (QED) is 0.319. The zero-order chi connectivity index (χ0) is 18.9. The van der Waals surface area contributed by atoms with Crippen LogP contribution in [0.2, 0.25) is 0 Å². The second-order valence-electron chi connectivity index (χ2n) is 6.30. The number of nitrogens with one attached hydrogen (secondary N) is 2. The van der Waals surface area contributed by atoms with E-state index in [-0.39, 0.29) is 24.0 Å². The van der Waals surface area contributed by atoms with Crippen LogP contribution in [-0.4, -0.2) is 31.3 Å². The lowest BCUT2D eigenvalue weighted by Crippen LogP contribution is -2.39. The van der Waals surface area contributed by atoms with Crippen molar-refractivity contribution in [2.45, 2.75) is 33.4 Å². The Balaban J connectivity index is 0.00000364. The molecule has 0 saturated heterocycles. The van der Waals surface area contributed by atoms with Gasteiger partial charge in [0.15, 0.2) is 5.96 Å². The van der Waals surface area contributed by atoms with Crippen LogP contribution in [0, 0.1) is 13.8 Å². The highest BCUT2D eigenvalue weighted by atomic mass is 127. The van der Waals surface area contributed by atoms with E-state index in [1.807, 2.05) is 31.2 Å². The molecule has 0 aliphatic heterocycles. The Labute approximate surface area is 179 Å². The van der Waals surface area contributed by atoms with Gasteiger partial charge in [-0.3, -0.25) is 0 Å². The zero-order valence-electron chi connectivity index (χ0n) is 16.5. The monoisotopic (exact) mass is 483 g/mol. The first kappa shape index (κ1) is 23.2. The van der Waals surface area contributed by atoms with E-state index in [0.29, 0.717) is 19.0 Å². The molecule has 0 radical (unpaired) electrons. The molecule has 0 aromatic heterocycles. The van der Waals surface area contributed by atoms with E-state index in [9.17, 15) is 5.11 Å². The largest absolute Gasteiger partial charge is 0.497 e. The van der Waals surface area contributed by atoms with E-state index < -0.39 is 6.10 Å². The average Bonchev–Trinajstić information content (AvgIpc) is 2.65. The van der Waals surface area contributed by atoms with Gasteiger partial charge in [-0.15, -0.1) is 24.0 Å². The van der Waals surface area contributed by atoms with Gasteiger partial charge in [0.05, 0.1) is 19.8 Å². The maximum absolute atomic E-state index is 10.4. The topological polar surface area (TPSA) is 65.9 Å². The Morgan fingerprint density at radius 1 is 1.15 bits per heavy atom. The molecule has 0 spiro atoms. The lowest BCUT2D eigenvalue weighted by atomic mass is 10.1. The van der Waals surface area contributed by atoms with Gasteiger partial charge in [-0.2, -0.15) is 0 Å². The lowest BCUT2D eigenvalue weighted by molar-refractivity contribution is 0.180. The minimum Gasteiger partial charge on any atom is -0.497 e. The summed E-state index contributed by atoms with van der Waals surface area (Å²) < 4.78 is 5.21. The molecule has 0 fully saturated rings. The number of nitrogens with zero attached hydrogens (tertiary/aromatic N) is 1. The van der Waals surface area contributed by atoms with Crippen LogP contribution in [0.1, 0.15) is 35.3 Å². The molecule has 0 aliphatic carbocycles. The summed E-state index contributed by atoms with van der Waals surface area (Å²) in [6, 6.07) is 13.8. The molecule has 27 heavy (non-hydrogen) atoms. The van der Waals surface area contributed by atoms with Crippen LogP contribution in [0.4, 0.5) is 0 Å². The maximum Gasteiger partial charge on any atom is 0.191 e. The Kier molecular flexibility index (Phi) is 10.2. The van der Waals surface area contributed by atoms with Gasteiger partial charge in [0, 0.05) is 13.1 Å². The summed E-state index contributed by atoms with van der Waals surface area (Å²) in [7, 11) is 1.62. The van der Waals surface area contributed by atoms with Gasteiger partial charge in [-0.1, -0.05) is 35.9 Å². The van der Waals surface area contributed by atoms with Crippen molar-refractivity contribution in [3.8, 4) is 5.75 Å². The number of ether oxygens (including phenoxy) is 1. The van der Waals surface area contributed by atoms with Crippen LogP contribution in [0.5, 0.6) is 5.75 Å². The van der Waals surface area contributed by atoms with Crippen LogP contribution in [-0.2, 0) is 6.54 Å². The number of aliphatic imine (C=N–C) groups is 1. The summed E-state index contributed by atoms with van der Waals surface area (Å²) in [6.07, 6.45) is -0.643. The van der Waals surface area contributed by atoms with E-state index in [4.69, 9.17) is 4.74 Å². The summed E-state index contributed by atoms with van der Waals surface area (Å²) in [5.74, 6) is 1.42. The molecule has 1 atom stereocenters. The number of hydrogen-bond donors (Lipinski definition) is 3. The third-order valence-corrected chi connectivity index (χ3v) is 4.19. The van der Waals surface area contributed by atoms with Crippen LogP contribution >= 0.6 is 24.0 Å². The van der Waals surface area contributed by atoms with Crippen LogP contribution in [0.3, 0.4) is 0 Å². The standard InChI is InChI=1S/C21H29N3O2.HI/c1-5-22-21(23-13-18-10-9-15(2)11-16(18)3)24-14-20(25)17-7-6-8-19(12-17)26-4;/h6-12,20,25H,5,13-14H2,1-4H3,(H2,22,23,24);1H. The van der Waals surface area contributed by atoms with Gasteiger partial charge in [0.25, 0.3) is 0 Å². The second kappa shape index (κ2) is 11.8. The zero-order valence-corrected chi connectivity index (χ0v) is 18.8. The summed E-state index contributed by atoms with van der Waals surface area (Å²) in [6.45, 7) is 7.93. The van der Waals surface area contributed by atoms with E-state index in [0.717, 1.165) is 17.9 Å². The normalized spacial score (nSPS) is 12.1. The summed E-state index contributed by atoms with van der Waals surface area (Å²) in [5, 5.41) is 16.8. The SMILES string of the molecule is CCNC(=NCc1ccc(C)cc1C)NCC(O)c1cccc(OC)c1.I. The Bertz CT molecular complexity index is 750. The van der Waals surface area contributed by atoms with Crippen molar-refractivity contribution >= 4 is 29.9 Å². The van der Waals surface area contributed by atoms with Crippen molar-refractivity contribution in [2.24, 2.45) is 4.99 Å². The molecule has 2 rings (SSSR count). The van der Waals surface area contributed by atoms with Crippen molar-refractivity contribution in [3.63, 3.8) is 0 Å². The first-order valence-electron chi connectivity index (χ1n) is 8.93. The molecule has 0 saturated carbocycles.